The summed E-state index contributed by atoms with van der Waals surface area (Å²) in [5.41, 5.74) is 5.87. The van der Waals surface area contributed by atoms with Crippen molar-refractivity contribution in [1.82, 2.24) is 15.6 Å². The number of amides is 1. The van der Waals surface area contributed by atoms with Crippen LogP contribution in [-0.4, -0.2) is 28.3 Å². The number of esters is 1. The Balaban J connectivity index is 1.55. The number of aromatic amines is 1. The Morgan fingerprint density at radius 2 is 1.58 bits per heavy atom. The molecule has 7 heteroatoms. The second kappa shape index (κ2) is 9.40. The number of aromatic nitrogens is 2. The lowest BCUT2D eigenvalue weighted by Crippen LogP contribution is -2.18. The van der Waals surface area contributed by atoms with Gasteiger partial charge in [-0.15, -0.1) is 0 Å². The van der Waals surface area contributed by atoms with Crippen molar-refractivity contribution in [2.45, 2.75) is 52.4 Å². The molecule has 7 nitrogen and oxygen atoms in total. The minimum Gasteiger partial charge on any atom is -0.423 e. The average Bonchev–Trinajstić information content (AvgIpc) is 3.25. The molecule has 1 heterocycles. The fourth-order valence-corrected chi connectivity index (χ4v) is 2.94. The Labute approximate surface area is 194 Å². The molecule has 2 N–H and O–H groups in total. The summed E-state index contributed by atoms with van der Waals surface area (Å²) in [6.45, 7) is 12.5. The van der Waals surface area contributed by atoms with E-state index in [0.29, 0.717) is 11.3 Å². The number of carbonyl (C=O) groups excluding carboxylic acids is 2. The highest BCUT2D eigenvalue weighted by Gasteiger charge is 2.19. The van der Waals surface area contributed by atoms with Crippen LogP contribution in [0.15, 0.2) is 59.7 Å². The summed E-state index contributed by atoms with van der Waals surface area (Å²) in [7, 11) is 0. The van der Waals surface area contributed by atoms with Gasteiger partial charge in [0.05, 0.1) is 11.8 Å². The molecule has 0 aliphatic rings. The molecular weight excluding hydrogens is 416 g/mol. The fourth-order valence-electron chi connectivity index (χ4n) is 2.94. The monoisotopic (exact) mass is 446 g/mol. The topological polar surface area (TPSA) is 96.4 Å². The first kappa shape index (κ1) is 23.9. The first-order valence-corrected chi connectivity index (χ1v) is 10.8. The third-order valence-electron chi connectivity index (χ3n) is 5.08. The van der Waals surface area contributed by atoms with E-state index >= 15 is 0 Å². The van der Waals surface area contributed by atoms with Crippen LogP contribution in [0.25, 0.3) is 0 Å². The third kappa shape index (κ3) is 6.38. The van der Waals surface area contributed by atoms with Gasteiger partial charge in [0.15, 0.2) is 5.69 Å². The molecule has 3 aromatic rings. The Hall–Kier alpha value is -3.74. The summed E-state index contributed by atoms with van der Waals surface area (Å²) in [6, 6.07) is 16.0. The molecule has 0 spiro atoms. The number of nitrogens with zero attached hydrogens (tertiary/aromatic N) is 2. The maximum absolute atomic E-state index is 12.4. The van der Waals surface area contributed by atoms with Gasteiger partial charge in [0.2, 0.25) is 0 Å². The summed E-state index contributed by atoms with van der Waals surface area (Å²) in [5, 5.41) is 10.9. The molecule has 0 aliphatic heterocycles. The van der Waals surface area contributed by atoms with Crippen LogP contribution < -0.4 is 10.2 Å². The van der Waals surface area contributed by atoms with Crippen molar-refractivity contribution in [2.75, 3.05) is 0 Å². The molecule has 1 amide bonds. The van der Waals surface area contributed by atoms with Crippen LogP contribution in [0.4, 0.5) is 0 Å². The number of H-pyrrole nitrogens is 1. The van der Waals surface area contributed by atoms with Gasteiger partial charge >= 0.3 is 5.97 Å². The molecule has 0 atom stereocenters. The van der Waals surface area contributed by atoms with Crippen LogP contribution in [0.5, 0.6) is 5.75 Å². The zero-order valence-corrected chi connectivity index (χ0v) is 19.9. The molecule has 2 aromatic carbocycles. The molecule has 0 bridgehead atoms. The van der Waals surface area contributed by atoms with Gasteiger partial charge in [0.25, 0.3) is 5.91 Å². The van der Waals surface area contributed by atoms with Gasteiger partial charge in [-0.2, -0.15) is 10.2 Å². The zero-order valence-electron chi connectivity index (χ0n) is 19.9. The first-order valence-electron chi connectivity index (χ1n) is 10.8. The summed E-state index contributed by atoms with van der Waals surface area (Å²) in [6.07, 6.45) is 1.51. The maximum Gasteiger partial charge on any atom is 0.343 e. The summed E-state index contributed by atoms with van der Waals surface area (Å²) in [5.74, 6) is -0.397. The number of hydrogen-bond acceptors (Lipinski definition) is 5. The van der Waals surface area contributed by atoms with E-state index in [-0.39, 0.29) is 16.5 Å². The van der Waals surface area contributed by atoms with Gasteiger partial charge in [-0.3, -0.25) is 9.89 Å². The van der Waals surface area contributed by atoms with E-state index in [1.165, 1.54) is 6.21 Å². The van der Waals surface area contributed by atoms with Crippen molar-refractivity contribution >= 4 is 18.1 Å². The molecule has 0 saturated carbocycles. The highest BCUT2D eigenvalue weighted by molar-refractivity contribution is 5.93. The van der Waals surface area contributed by atoms with Gasteiger partial charge in [0, 0.05) is 11.1 Å². The minimum atomic E-state index is -0.419. The molecule has 1 aromatic heterocycles. The lowest BCUT2D eigenvalue weighted by atomic mass is 9.87. The van der Waals surface area contributed by atoms with Crippen molar-refractivity contribution in [1.29, 1.82) is 0 Å². The minimum absolute atomic E-state index is 0.0206. The number of hydrogen-bond donors (Lipinski definition) is 2. The molecular formula is C26H30N4O3. The number of benzene rings is 2. The maximum atomic E-state index is 12.4. The Morgan fingerprint density at radius 1 is 0.939 bits per heavy atom. The Kier molecular flexibility index (Phi) is 6.81. The van der Waals surface area contributed by atoms with E-state index in [0.717, 1.165) is 16.8 Å². The number of hydrazone groups is 1. The largest absolute Gasteiger partial charge is 0.423 e. The van der Waals surface area contributed by atoms with Crippen LogP contribution in [-0.2, 0) is 10.8 Å². The van der Waals surface area contributed by atoms with E-state index in [4.69, 9.17) is 4.74 Å². The van der Waals surface area contributed by atoms with Crippen LogP contribution in [0.2, 0.25) is 0 Å². The van der Waals surface area contributed by atoms with Gasteiger partial charge in [-0.05, 0) is 59.0 Å². The van der Waals surface area contributed by atoms with E-state index in [2.05, 4.69) is 41.5 Å². The normalized spacial score (nSPS) is 12.1. The molecule has 0 radical (unpaired) electrons. The summed E-state index contributed by atoms with van der Waals surface area (Å²) >= 11 is 0. The van der Waals surface area contributed by atoms with Crippen LogP contribution in [0, 0.1) is 0 Å². The van der Waals surface area contributed by atoms with E-state index in [1.807, 2.05) is 32.9 Å². The van der Waals surface area contributed by atoms with Crippen molar-refractivity contribution in [2.24, 2.45) is 5.10 Å². The van der Waals surface area contributed by atoms with Crippen LogP contribution >= 0.6 is 0 Å². The molecule has 3 rings (SSSR count). The first-order chi connectivity index (χ1) is 15.4. The number of carbonyl (C=O) groups is 2. The smallest absolute Gasteiger partial charge is 0.343 e. The third-order valence-corrected chi connectivity index (χ3v) is 5.08. The quantitative estimate of drug-likeness (QED) is 0.250. The molecule has 0 unspecified atom stereocenters. The molecule has 172 valence electrons. The van der Waals surface area contributed by atoms with Crippen molar-refractivity contribution in [3.63, 3.8) is 0 Å². The second-order valence-corrected chi connectivity index (χ2v) is 9.90. The second-order valence-electron chi connectivity index (χ2n) is 9.90. The van der Waals surface area contributed by atoms with Crippen molar-refractivity contribution in [3.8, 4) is 5.75 Å². The van der Waals surface area contributed by atoms with Crippen molar-refractivity contribution in [3.05, 3.63) is 82.7 Å². The summed E-state index contributed by atoms with van der Waals surface area (Å²) in [4.78, 5) is 24.6. The predicted molar refractivity (Wildman–Crippen MR) is 129 cm³/mol. The lowest BCUT2D eigenvalue weighted by Gasteiger charge is -2.18. The Morgan fingerprint density at radius 3 is 2.12 bits per heavy atom. The van der Waals surface area contributed by atoms with E-state index in [9.17, 15) is 9.59 Å². The summed E-state index contributed by atoms with van der Waals surface area (Å²) < 4.78 is 5.45. The van der Waals surface area contributed by atoms with Gasteiger partial charge in [0.1, 0.15) is 5.75 Å². The predicted octanol–water partition coefficient (Wildman–Crippen LogP) is 4.99. The Bertz CT molecular complexity index is 1150. The highest BCUT2D eigenvalue weighted by Crippen LogP contribution is 2.23. The number of nitrogens with one attached hydrogen (secondary N) is 2. The van der Waals surface area contributed by atoms with Gasteiger partial charge in [-0.1, -0.05) is 53.7 Å². The fraction of sp³-hybridized carbons (Fsp3) is 0.308. The van der Waals surface area contributed by atoms with Crippen LogP contribution in [0.3, 0.4) is 0 Å². The van der Waals surface area contributed by atoms with Gasteiger partial charge in [-0.25, -0.2) is 10.2 Å². The molecule has 33 heavy (non-hydrogen) atoms. The molecule has 0 saturated heterocycles. The van der Waals surface area contributed by atoms with Crippen molar-refractivity contribution < 1.29 is 14.3 Å². The zero-order chi connectivity index (χ0) is 24.2. The standard InChI is InChI=1S/C26H30N4O3/c1-25(2,3)19-11-9-18(10-12-19)24(32)33-20-13-7-17(8-14-20)16-27-30-23(31)21-15-22(29-28-21)26(4,5)6/h7-16H,1-6H3,(H,28,29)(H,30,31). The number of rotatable bonds is 5. The van der Waals surface area contributed by atoms with Gasteiger partial charge < -0.3 is 4.74 Å². The average molecular weight is 447 g/mol. The highest BCUT2D eigenvalue weighted by atomic mass is 16.5. The lowest BCUT2D eigenvalue weighted by molar-refractivity contribution is 0.0734. The number of ether oxygens (including phenoxy) is 1. The van der Waals surface area contributed by atoms with Crippen LogP contribution in [0.1, 0.15) is 79.2 Å². The molecule has 0 aliphatic carbocycles. The van der Waals surface area contributed by atoms with E-state index < -0.39 is 11.9 Å². The SMILES string of the molecule is CC(C)(C)c1ccc(C(=O)Oc2ccc(C=NNC(=O)c3cc(C(C)(C)C)[nH]n3)cc2)cc1. The molecule has 0 fully saturated rings. The van der Waals surface area contributed by atoms with E-state index in [1.54, 1.807) is 42.5 Å².